The number of nitrogens with one attached hydrogen (secondary N) is 1. The van der Waals surface area contributed by atoms with Gasteiger partial charge in [-0.25, -0.2) is 0 Å². The smallest absolute Gasteiger partial charge is 0.246 e. The summed E-state index contributed by atoms with van der Waals surface area (Å²) in [4.78, 5) is 24.5. The van der Waals surface area contributed by atoms with Crippen LogP contribution in [0.15, 0.2) is 24.3 Å². The van der Waals surface area contributed by atoms with Crippen molar-refractivity contribution in [3.05, 3.63) is 29.8 Å². The molecule has 2 amide bonds. The van der Waals surface area contributed by atoms with Gasteiger partial charge in [-0.2, -0.15) is 0 Å². The van der Waals surface area contributed by atoms with Gasteiger partial charge in [0.25, 0.3) is 0 Å². The van der Waals surface area contributed by atoms with Crippen LogP contribution in [0.5, 0.6) is 5.75 Å². The Morgan fingerprint density at radius 3 is 2.50 bits per heavy atom. The molecule has 1 aliphatic heterocycles. The Bertz CT molecular complexity index is 498. The molecular weight excluding hydrogens is 256 g/mol. The SMILES string of the molecule is COc1ccc(CC(C)NC2CC(=O)N(C)C2=O)cc1. The lowest BCUT2D eigenvalue weighted by Gasteiger charge is -2.18. The molecule has 0 aliphatic carbocycles. The van der Waals surface area contributed by atoms with Gasteiger partial charge < -0.3 is 10.1 Å². The lowest BCUT2D eigenvalue weighted by Crippen LogP contribution is -2.42. The van der Waals surface area contributed by atoms with Crippen molar-refractivity contribution in [2.24, 2.45) is 0 Å². The Kier molecular flexibility index (Phi) is 4.39. The summed E-state index contributed by atoms with van der Waals surface area (Å²) in [7, 11) is 3.17. The maximum atomic E-state index is 11.8. The summed E-state index contributed by atoms with van der Waals surface area (Å²) < 4.78 is 5.12. The number of hydrogen-bond donors (Lipinski definition) is 1. The summed E-state index contributed by atoms with van der Waals surface area (Å²) >= 11 is 0. The third-order valence-electron chi connectivity index (χ3n) is 3.57. The number of likely N-dealkylation sites (N-methyl/N-ethyl adjacent to an activating group) is 1. The zero-order valence-corrected chi connectivity index (χ0v) is 12.1. The van der Waals surface area contributed by atoms with Crippen LogP contribution in [0.25, 0.3) is 0 Å². The predicted molar refractivity (Wildman–Crippen MR) is 75.5 cm³/mol. The van der Waals surface area contributed by atoms with Gasteiger partial charge in [-0.15, -0.1) is 0 Å². The summed E-state index contributed by atoms with van der Waals surface area (Å²) in [5.41, 5.74) is 1.16. The Hall–Kier alpha value is -1.88. The molecule has 5 heteroatoms. The van der Waals surface area contributed by atoms with E-state index < -0.39 is 0 Å². The topological polar surface area (TPSA) is 58.6 Å². The maximum absolute atomic E-state index is 11.8. The van der Waals surface area contributed by atoms with Crippen molar-refractivity contribution in [2.75, 3.05) is 14.2 Å². The highest BCUT2D eigenvalue weighted by atomic mass is 16.5. The number of methoxy groups -OCH3 is 1. The third kappa shape index (κ3) is 3.17. The minimum atomic E-state index is -0.388. The predicted octanol–water partition coefficient (Wildman–Crippen LogP) is 0.973. The van der Waals surface area contributed by atoms with E-state index in [1.165, 1.54) is 11.9 Å². The first-order valence-corrected chi connectivity index (χ1v) is 6.70. The fourth-order valence-electron chi connectivity index (χ4n) is 2.40. The Morgan fingerprint density at radius 1 is 1.35 bits per heavy atom. The minimum absolute atomic E-state index is 0.121. The molecule has 1 aliphatic rings. The molecule has 2 rings (SSSR count). The number of amides is 2. The Balaban J connectivity index is 1.90. The number of rotatable bonds is 5. The number of nitrogens with zero attached hydrogens (tertiary/aromatic N) is 1. The van der Waals surface area contributed by atoms with E-state index in [2.05, 4.69) is 5.32 Å². The van der Waals surface area contributed by atoms with Crippen LogP contribution >= 0.6 is 0 Å². The molecule has 0 spiro atoms. The van der Waals surface area contributed by atoms with Gasteiger partial charge in [-0.3, -0.25) is 14.5 Å². The van der Waals surface area contributed by atoms with Crippen molar-refractivity contribution in [3.63, 3.8) is 0 Å². The Morgan fingerprint density at radius 2 is 2.00 bits per heavy atom. The molecule has 0 aromatic heterocycles. The highest BCUT2D eigenvalue weighted by Gasteiger charge is 2.36. The number of carbonyl (C=O) groups is 2. The Labute approximate surface area is 118 Å². The molecule has 0 radical (unpaired) electrons. The van der Waals surface area contributed by atoms with Crippen LogP contribution in [0, 0.1) is 0 Å². The highest BCUT2D eigenvalue weighted by Crippen LogP contribution is 2.15. The molecule has 108 valence electrons. The molecule has 0 bridgehead atoms. The lowest BCUT2D eigenvalue weighted by molar-refractivity contribution is -0.137. The molecule has 0 saturated carbocycles. The van der Waals surface area contributed by atoms with Gasteiger partial charge in [-0.05, 0) is 31.0 Å². The molecule has 20 heavy (non-hydrogen) atoms. The van der Waals surface area contributed by atoms with E-state index in [9.17, 15) is 9.59 Å². The first-order chi connectivity index (χ1) is 9.51. The number of benzene rings is 1. The highest BCUT2D eigenvalue weighted by molar-refractivity contribution is 6.05. The third-order valence-corrected chi connectivity index (χ3v) is 3.57. The summed E-state index contributed by atoms with van der Waals surface area (Å²) in [6, 6.07) is 7.58. The van der Waals surface area contributed by atoms with Gasteiger partial charge in [0, 0.05) is 13.1 Å². The van der Waals surface area contributed by atoms with Gasteiger partial charge in [0.1, 0.15) is 5.75 Å². The lowest BCUT2D eigenvalue weighted by atomic mass is 10.1. The summed E-state index contributed by atoms with van der Waals surface area (Å²) in [6.45, 7) is 2.01. The zero-order valence-electron chi connectivity index (χ0n) is 12.1. The van der Waals surface area contributed by atoms with Gasteiger partial charge in [0.15, 0.2) is 0 Å². The second-order valence-electron chi connectivity index (χ2n) is 5.17. The van der Waals surface area contributed by atoms with Crippen molar-refractivity contribution in [1.29, 1.82) is 0 Å². The van der Waals surface area contributed by atoms with E-state index in [0.717, 1.165) is 17.7 Å². The monoisotopic (exact) mass is 276 g/mol. The standard InChI is InChI=1S/C15H20N2O3/c1-10(8-11-4-6-12(20-3)7-5-11)16-13-9-14(18)17(2)15(13)19/h4-7,10,13,16H,8-9H2,1-3H3. The first-order valence-electron chi connectivity index (χ1n) is 6.70. The molecule has 1 fully saturated rings. The van der Waals surface area contributed by atoms with Crippen LogP contribution in [0.2, 0.25) is 0 Å². The number of ether oxygens (including phenoxy) is 1. The number of likely N-dealkylation sites (tertiary alicyclic amines) is 1. The molecule has 2 atom stereocenters. The summed E-state index contributed by atoms with van der Waals surface area (Å²) in [5.74, 6) is 0.563. The fraction of sp³-hybridized carbons (Fsp3) is 0.467. The summed E-state index contributed by atoms with van der Waals surface area (Å²) in [5, 5.41) is 3.22. The van der Waals surface area contributed by atoms with Gasteiger partial charge in [0.2, 0.25) is 11.8 Å². The number of hydrogen-bond acceptors (Lipinski definition) is 4. The molecule has 5 nitrogen and oxygen atoms in total. The molecule has 1 aromatic carbocycles. The van der Waals surface area contributed by atoms with Crippen LogP contribution in [0.3, 0.4) is 0 Å². The van der Waals surface area contributed by atoms with Crippen LogP contribution in [-0.2, 0) is 16.0 Å². The van der Waals surface area contributed by atoms with Crippen molar-refractivity contribution in [2.45, 2.75) is 31.8 Å². The second kappa shape index (κ2) is 6.05. The summed E-state index contributed by atoms with van der Waals surface area (Å²) in [6.07, 6.45) is 1.05. The van der Waals surface area contributed by atoms with E-state index in [-0.39, 0.29) is 30.3 Å². The molecule has 2 unspecified atom stereocenters. The second-order valence-corrected chi connectivity index (χ2v) is 5.17. The molecule has 1 aromatic rings. The largest absolute Gasteiger partial charge is 0.497 e. The van der Waals surface area contributed by atoms with Gasteiger partial charge >= 0.3 is 0 Å². The minimum Gasteiger partial charge on any atom is -0.497 e. The number of imide groups is 1. The molecular formula is C15H20N2O3. The van der Waals surface area contributed by atoms with E-state index in [1.54, 1.807) is 7.11 Å². The van der Waals surface area contributed by atoms with Crippen LogP contribution < -0.4 is 10.1 Å². The van der Waals surface area contributed by atoms with Crippen LogP contribution in [0.1, 0.15) is 18.9 Å². The molecule has 1 N–H and O–H groups in total. The van der Waals surface area contributed by atoms with Crippen molar-refractivity contribution in [3.8, 4) is 5.75 Å². The fourth-order valence-corrected chi connectivity index (χ4v) is 2.40. The quantitative estimate of drug-likeness (QED) is 0.814. The van der Waals surface area contributed by atoms with Crippen molar-refractivity contribution >= 4 is 11.8 Å². The molecule has 1 heterocycles. The maximum Gasteiger partial charge on any atom is 0.246 e. The zero-order chi connectivity index (χ0) is 14.7. The molecule has 1 saturated heterocycles. The first kappa shape index (κ1) is 14.5. The van der Waals surface area contributed by atoms with E-state index in [0.29, 0.717) is 0 Å². The van der Waals surface area contributed by atoms with Crippen LogP contribution in [0.4, 0.5) is 0 Å². The van der Waals surface area contributed by atoms with Crippen molar-refractivity contribution in [1.82, 2.24) is 10.2 Å². The van der Waals surface area contributed by atoms with E-state index in [4.69, 9.17) is 4.74 Å². The number of carbonyl (C=O) groups excluding carboxylic acids is 2. The van der Waals surface area contributed by atoms with E-state index in [1.807, 2.05) is 31.2 Å². The van der Waals surface area contributed by atoms with Gasteiger partial charge in [-0.1, -0.05) is 12.1 Å². The average Bonchev–Trinajstić information content (AvgIpc) is 2.67. The van der Waals surface area contributed by atoms with Gasteiger partial charge in [0.05, 0.1) is 19.6 Å². The average molecular weight is 276 g/mol. The normalized spacial score (nSPS) is 20.4. The van der Waals surface area contributed by atoms with E-state index >= 15 is 0 Å². The van der Waals surface area contributed by atoms with Crippen LogP contribution in [-0.4, -0.2) is 43.0 Å². The van der Waals surface area contributed by atoms with Crippen molar-refractivity contribution < 1.29 is 14.3 Å².